The molecular weight excluding hydrogens is 350 g/mol. The van der Waals surface area contributed by atoms with Gasteiger partial charge in [0.2, 0.25) is 0 Å². The summed E-state index contributed by atoms with van der Waals surface area (Å²) in [6.07, 6.45) is 1.74. The van der Waals surface area contributed by atoms with Gasteiger partial charge in [-0.1, -0.05) is 18.2 Å². The maximum Gasteiger partial charge on any atom is 0.341 e. The average Bonchev–Trinajstić information content (AvgIpc) is 2.70. The van der Waals surface area contributed by atoms with E-state index in [-0.39, 0.29) is 17.2 Å². The minimum atomic E-state index is -0.790. The number of hydrogen-bond acceptors (Lipinski definition) is 6. The number of ether oxygens (including phenoxy) is 1. The molecule has 0 unspecified atom stereocenters. The SMILES string of the molecule is CNc1ccc([N+](=O)[O-])cc1C(=O)OCC(=O)N1CCCc2ccccc21. The van der Waals surface area contributed by atoms with Gasteiger partial charge in [-0.15, -0.1) is 0 Å². The second-order valence-corrected chi connectivity index (χ2v) is 6.09. The summed E-state index contributed by atoms with van der Waals surface area (Å²) in [4.78, 5) is 36.9. The third-order valence-corrected chi connectivity index (χ3v) is 4.44. The molecule has 8 heteroatoms. The van der Waals surface area contributed by atoms with Crippen molar-refractivity contribution in [2.75, 3.05) is 30.4 Å². The van der Waals surface area contributed by atoms with Crippen molar-refractivity contribution in [1.82, 2.24) is 0 Å². The first-order valence-electron chi connectivity index (χ1n) is 8.53. The molecule has 1 heterocycles. The van der Waals surface area contributed by atoms with Gasteiger partial charge < -0.3 is 15.0 Å². The van der Waals surface area contributed by atoms with Crippen LogP contribution in [-0.4, -0.2) is 37.0 Å². The fraction of sp³-hybridized carbons (Fsp3) is 0.263. The van der Waals surface area contributed by atoms with Crippen LogP contribution in [0.25, 0.3) is 0 Å². The molecule has 2 aromatic rings. The molecule has 2 aromatic carbocycles. The number of aryl methyl sites for hydroxylation is 1. The highest BCUT2D eigenvalue weighted by molar-refractivity contribution is 6.00. The highest BCUT2D eigenvalue weighted by Gasteiger charge is 2.24. The number of benzene rings is 2. The molecule has 27 heavy (non-hydrogen) atoms. The van der Waals surface area contributed by atoms with Gasteiger partial charge in [0.25, 0.3) is 11.6 Å². The molecule has 0 spiro atoms. The van der Waals surface area contributed by atoms with Crippen molar-refractivity contribution in [3.63, 3.8) is 0 Å². The fourth-order valence-corrected chi connectivity index (χ4v) is 3.11. The zero-order valence-corrected chi connectivity index (χ0v) is 14.8. The highest BCUT2D eigenvalue weighted by atomic mass is 16.6. The minimum Gasteiger partial charge on any atom is -0.452 e. The molecule has 0 saturated heterocycles. The fourth-order valence-electron chi connectivity index (χ4n) is 3.11. The molecule has 140 valence electrons. The number of nitrogens with zero attached hydrogens (tertiary/aromatic N) is 2. The summed E-state index contributed by atoms with van der Waals surface area (Å²) < 4.78 is 5.14. The van der Waals surface area contributed by atoms with E-state index >= 15 is 0 Å². The monoisotopic (exact) mass is 369 g/mol. The predicted molar refractivity (Wildman–Crippen MR) is 100 cm³/mol. The zero-order chi connectivity index (χ0) is 19.4. The van der Waals surface area contributed by atoms with Crippen LogP contribution in [0.4, 0.5) is 17.1 Å². The molecule has 0 aromatic heterocycles. The number of rotatable bonds is 5. The van der Waals surface area contributed by atoms with E-state index in [0.29, 0.717) is 12.2 Å². The van der Waals surface area contributed by atoms with E-state index in [1.807, 2.05) is 24.3 Å². The smallest absolute Gasteiger partial charge is 0.341 e. The number of carbonyl (C=O) groups excluding carboxylic acids is 2. The largest absolute Gasteiger partial charge is 0.452 e. The van der Waals surface area contributed by atoms with Crippen LogP contribution >= 0.6 is 0 Å². The van der Waals surface area contributed by atoms with Crippen molar-refractivity contribution < 1.29 is 19.2 Å². The van der Waals surface area contributed by atoms with Crippen molar-refractivity contribution in [1.29, 1.82) is 0 Å². The van der Waals surface area contributed by atoms with Gasteiger partial charge in [0.05, 0.1) is 10.5 Å². The predicted octanol–water partition coefficient (Wildman–Crippen LogP) is 2.77. The maximum absolute atomic E-state index is 12.6. The number of esters is 1. The van der Waals surface area contributed by atoms with E-state index in [0.717, 1.165) is 30.2 Å². The summed E-state index contributed by atoms with van der Waals surface area (Å²) in [6.45, 7) is 0.130. The van der Waals surface area contributed by atoms with Gasteiger partial charge in [0.15, 0.2) is 6.61 Å². The molecule has 0 bridgehead atoms. The lowest BCUT2D eigenvalue weighted by atomic mass is 10.0. The molecular formula is C19H19N3O5. The Morgan fingerprint density at radius 2 is 2.04 bits per heavy atom. The first-order valence-corrected chi connectivity index (χ1v) is 8.53. The molecule has 1 aliphatic heterocycles. The van der Waals surface area contributed by atoms with Crippen molar-refractivity contribution in [2.24, 2.45) is 0 Å². The van der Waals surface area contributed by atoms with E-state index in [2.05, 4.69) is 5.32 Å². The number of fused-ring (bicyclic) bond motifs is 1. The van der Waals surface area contributed by atoms with Crippen LogP contribution in [-0.2, 0) is 16.0 Å². The molecule has 0 fully saturated rings. The Hall–Kier alpha value is -3.42. The summed E-state index contributed by atoms with van der Waals surface area (Å²) in [5.74, 6) is -1.12. The van der Waals surface area contributed by atoms with Crippen LogP contribution in [0.2, 0.25) is 0 Å². The second kappa shape index (κ2) is 7.86. The second-order valence-electron chi connectivity index (χ2n) is 6.09. The van der Waals surface area contributed by atoms with Crippen LogP contribution in [0, 0.1) is 10.1 Å². The Morgan fingerprint density at radius 1 is 1.26 bits per heavy atom. The van der Waals surface area contributed by atoms with Crippen LogP contribution < -0.4 is 10.2 Å². The van der Waals surface area contributed by atoms with E-state index < -0.39 is 17.5 Å². The third kappa shape index (κ3) is 3.89. The van der Waals surface area contributed by atoms with Gasteiger partial charge in [-0.05, 0) is 30.5 Å². The van der Waals surface area contributed by atoms with E-state index in [9.17, 15) is 19.7 Å². The van der Waals surface area contributed by atoms with Gasteiger partial charge in [-0.25, -0.2) is 4.79 Å². The normalized spacial score (nSPS) is 12.9. The topological polar surface area (TPSA) is 102 Å². The molecule has 0 aliphatic carbocycles. The molecule has 1 aliphatic rings. The summed E-state index contributed by atoms with van der Waals surface area (Å²) >= 11 is 0. The average molecular weight is 369 g/mol. The van der Waals surface area contributed by atoms with E-state index in [1.54, 1.807) is 11.9 Å². The number of para-hydroxylation sites is 1. The van der Waals surface area contributed by atoms with Crippen molar-refractivity contribution in [3.05, 3.63) is 63.7 Å². The summed E-state index contributed by atoms with van der Waals surface area (Å²) in [6, 6.07) is 11.5. The first-order chi connectivity index (χ1) is 13.0. The molecule has 0 radical (unpaired) electrons. The number of nitro benzene ring substituents is 1. The van der Waals surface area contributed by atoms with Gasteiger partial charge in [-0.2, -0.15) is 0 Å². The number of nitro groups is 1. The number of anilines is 2. The Labute approximate surface area is 155 Å². The Balaban J connectivity index is 1.72. The molecule has 0 saturated carbocycles. The maximum atomic E-state index is 12.6. The first kappa shape index (κ1) is 18.4. The highest BCUT2D eigenvalue weighted by Crippen LogP contribution is 2.27. The van der Waals surface area contributed by atoms with Crippen LogP contribution in [0.1, 0.15) is 22.3 Å². The molecule has 1 amide bonds. The van der Waals surface area contributed by atoms with Gasteiger partial charge in [0.1, 0.15) is 0 Å². The lowest BCUT2D eigenvalue weighted by Gasteiger charge is -2.29. The third-order valence-electron chi connectivity index (χ3n) is 4.44. The summed E-state index contributed by atoms with van der Waals surface area (Å²) in [5.41, 5.74) is 2.09. The summed E-state index contributed by atoms with van der Waals surface area (Å²) in [5, 5.41) is 13.7. The van der Waals surface area contributed by atoms with Crippen molar-refractivity contribution in [2.45, 2.75) is 12.8 Å². The van der Waals surface area contributed by atoms with Gasteiger partial charge in [-0.3, -0.25) is 14.9 Å². The number of amides is 1. The number of nitrogens with one attached hydrogen (secondary N) is 1. The standard InChI is InChI=1S/C19H19N3O5/c1-20-16-9-8-14(22(25)26)11-15(16)19(24)27-12-18(23)21-10-4-6-13-5-2-3-7-17(13)21/h2-3,5,7-9,11,20H,4,6,10,12H2,1H3. The van der Waals surface area contributed by atoms with Crippen molar-refractivity contribution in [3.8, 4) is 0 Å². The number of carbonyl (C=O) groups is 2. The lowest BCUT2D eigenvalue weighted by molar-refractivity contribution is -0.384. The number of non-ortho nitro benzene ring substituents is 1. The summed E-state index contributed by atoms with van der Waals surface area (Å²) in [7, 11) is 1.59. The minimum absolute atomic E-state index is 0.0125. The van der Waals surface area contributed by atoms with Crippen molar-refractivity contribution >= 4 is 28.9 Å². The van der Waals surface area contributed by atoms with E-state index in [1.165, 1.54) is 12.1 Å². The van der Waals surface area contributed by atoms with E-state index in [4.69, 9.17) is 4.74 Å². The molecule has 1 N–H and O–H groups in total. The van der Waals surface area contributed by atoms with Gasteiger partial charge >= 0.3 is 5.97 Å². The molecule has 8 nitrogen and oxygen atoms in total. The Bertz CT molecular complexity index is 897. The lowest BCUT2D eigenvalue weighted by Crippen LogP contribution is -2.38. The number of hydrogen-bond donors (Lipinski definition) is 1. The Morgan fingerprint density at radius 3 is 2.78 bits per heavy atom. The van der Waals surface area contributed by atoms with Crippen LogP contribution in [0.15, 0.2) is 42.5 Å². The van der Waals surface area contributed by atoms with Crippen LogP contribution in [0.3, 0.4) is 0 Å². The quantitative estimate of drug-likeness (QED) is 0.494. The van der Waals surface area contributed by atoms with Crippen LogP contribution in [0.5, 0.6) is 0 Å². The van der Waals surface area contributed by atoms with Gasteiger partial charge in [0, 0.05) is 37.1 Å². The Kier molecular flexibility index (Phi) is 5.35. The molecule has 0 atom stereocenters. The molecule has 3 rings (SSSR count). The zero-order valence-electron chi connectivity index (χ0n) is 14.8.